The highest BCUT2D eigenvalue weighted by Crippen LogP contribution is 2.15. The summed E-state index contributed by atoms with van der Waals surface area (Å²) in [5, 5.41) is 3.95. The number of amides is 1. The highest BCUT2D eigenvalue weighted by Gasteiger charge is 2.17. The van der Waals surface area contributed by atoms with Crippen molar-refractivity contribution in [3.63, 3.8) is 0 Å². The molecule has 3 heterocycles. The number of hydrogen-bond donors (Lipinski definition) is 1. The first-order valence-electron chi connectivity index (χ1n) is 7.97. The lowest BCUT2D eigenvalue weighted by molar-refractivity contribution is 0.0783. The van der Waals surface area contributed by atoms with Crippen molar-refractivity contribution in [2.75, 3.05) is 7.05 Å². The van der Waals surface area contributed by atoms with E-state index in [0.717, 1.165) is 28.3 Å². The molecule has 1 amide bonds. The van der Waals surface area contributed by atoms with Crippen LogP contribution in [0.2, 0.25) is 0 Å². The number of H-pyrrole nitrogens is 1. The van der Waals surface area contributed by atoms with Crippen LogP contribution in [-0.4, -0.2) is 51.3 Å². The van der Waals surface area contributed by atoms with Crippen LogP contribution in [0.1, 0.15) is 21.7 Å². The van der Waals surface area contributed by atoms with Gasteiger partial charge in [-0.2, -0.15) is 13.8 Å². The molecular weight excluding hydrogens is 368 g/mol. The predicted molar refractivity (Wildman–Crippen MR) is 97.2 cm³/mol. The molecule has 0 radical (unpaired) electrons. The van der Waals surface area contributed by atoms with Crippen LogP contribution in [0.25, 0.3) is 11.0 Å². The molecule has 0 atom stereocenters. The van der Waals surface area contributed by atoms with E-state index in [9.17, 15) is 9.59 Å². The Hall–Kier alpha value is -3.47. The molecule has 0 unspecified atom stereocenters. The van der Waals surface area contributed by atoms with E-state index in [1.165, 1.54) is 28.4 Å². The van der Waals surface area contributed by atoms with Gasteiger partial charge in [-0.3, -0.25) is 9.59 Å². The first-order valence-corrected chi connectivity index (χ1v) is 8.70. The van der Waals surface area contributed by atoms with Crippen molar-refractivity contribution < 1.29 is 4.79 Å². The lowest BCUT2D eigenvalue weighted by atomic mass is 10.2. The number of fused-ring (bicyclic) bond motifs is 1. The normalized spacial score (nSPS) is 11.0. The van der Waals surface area contributed by atoms with E-state index in [-0.39, 0.29) is 12.1 Å². The molecule has 0 aliphatic heterocycles. The molecule has 4 aromatic rings. The Balaban J connectivity index is 1.50. The van der Waals surface area contributed by atoms with E-state index >= 15 is 0 Å². The Kier molecular flexibility index (Phi) is 4.42. The van der Waals surface area contributed by atoms with E-state index in [0.29, 0.717) is 12.4 Å². The van der Waals surface area contributed by atoms with E-state index in [4.69, 9.17) is 0 Å². The van der Waals surface area contributed by atoms with E-state index in [2.05, 4.69) is 28.8 Å². The summed E-state index contributed by atoms with van der Waals surface area (Å²) in [6.45, 7) is 0.605. The number of hydrogen-bond acceptors (Lipinski definition) is 8. The maximum absolute atomic E-state index is 12.6. The summed E-state index contributed by atoms with van der Waals surface area (Å²) in [6.07, 6.45) is 4.20. The van der Waals surface area contributed by atoms with Gasteiger partial charge in [0.1, 0.15) is 41.6 Å². The van der Waals surface area contributed by atoms with Gasteiger partial charge in [0.05, 0.1) is 11.7 Å². The summed E-state index contributed by atoms with van der Waals surface area (Å²) < 4.78 is 9.87. The first-order chi connectivity index (χ1) is 13.1. The molecule has 0 saturated heterocycles. The Morgan fingerprint density at radius 1 is 1.30 bits per heavy atom. The van der Waals surface area contributed by atoms with Gasteiger partial charge in [-0.05, 0) is 17.7 Å². The number of nitrogens with zero attached hydrogens (tertiary/aromatic N) is 7. The van der Waals surface area contributed by atoms with Crippen molar-refractivity contribution in [3.05, 3.63) is 64.4 Å². The molecule has 0 aliphatic carbocycles. The molecule has 0 saturated carbocycles. The van der Waals surface area contributed by atoms with Crippen molar-refractivity contribution in [3.8, 4) is 0 Å². The lowest BCUT2D eigenvalue weighted by Gasteiger charge is -2.16. The van der Waals surface area contributed by atoms with Gasteiger partial charge in [0.2, 0.25) is 0 Å². The quantitative estimate of drug-likeness (QED) is 0.538. The first kappa shape index (κ1) is 17.0. The van der Waals surface area contributed by atoms with E-state index in [1.54, 1.807) is 7.05 Å². The fourth-order valence-corrected chi connectivity index (χ4v) is 3.13. The fourth-order valence-electron chi connectivity index (χ4n) is 2.61. The average molecular weight is 382 g/mol. The van der Waals surface area contributed by atoms with Crippen LogP contribution in [0.5, 0.6) is 0 Å². The monoisotopic (exact) mass is 382 g/mol. The minimum absolute atomic E-state index is 0.0174. The Bertz CT molecular complexity index is 1150. The van der Waals surface area contributed by atoms with Crippen LogP contribution in [0.15, 0.2) is 41.8 Å². The number of aromatic nitrogens is 7. The Labute approximate surface area is 156 Å². The number of carbonyl (C=O) groups excluding carboxylic acids is 1. The molecule has 0 fully saturated rings. The summed E-state index contributed by atoms with van der Waals surface area (Å²) >= 11 is 1.14. The van der Waals surface area contributed by atoms with Crippen molar-refractivity contribution in [1.29, 1.82) is 0 Å². The molecule has 4 rings (SSSR count). The summed E-state index contributed by atoms with van der Waals surface area (Å²) in [4.78, 5) is 37.0. The summed E-state index contributed by atoms with van der Waals surface area (Å²) in [5.74, 6) is -0.0151. The fraction of sp³-hybridized carbons (Fsp3) is 0.188. The second kappa shape index (κ2) is 7.03. The molecule has 27 heavy (non-hydrogen) atoms. The zero-order valence-corrected chi connectivity index (χ0v) is 15.1. The SMILES string of the molecule is CN(Cc1ccc2nsnc2c1)C(=O)c1cnc(Cn2cncn2)[nH]c1=O. The molecule has 0 spiro atoms. The second-order valence-corrected chi connectivity index (χ2v) is 6.44. The van der Waals surface area contributed by atoms with E-state index in [1.807, 2.05) is 18.2 Å². The van der Waals surface area contributed by atoms with Gasteiger partial charge in [0.25, 0.3) is 11.5 Å². The molecule has 11 heteroatoms. The molecule has 0 bridgehead atoms. The Morgan fingerprint density at radius 2 is 2.15 bits per heavy atom. The predicted octanol–water partition coefficient (Wildman–Crippen LogP) is 0.687. The largest absolute Gasteiger partial charge is 0.337 e. The number of rotatable bonds is 5. The maximum atomic E-state index is 12.6. The van der Waals surface area contributed by atoms with Gasteiger partial charge in [-0.25, -0.2) is 14.6 Å². The molecule has 10 nitrogen and oxygen atoms in total. The Morgan fingerprint density at radius 3 is 2.93 bits per heavy atom. The number of aromatic amines is 1. The van der Waals surface area contributed by atoms with Gasteiger partial charge in [0.15, 0.2) is 0 Å². The van der Waals surface area contributed by atoms with Gasteiger partial charge in [-0.15, -0.1) is 0 Å². The van der Waals surface area contributed by atoms with Crippen LogP contribution in [0.4, 0.5) is 0 Å². The summed E-state index contributed by atoms with van der Waals surface area (Å²) in [6, 6.07) is 5.63. The number of benzene rings is 1. The zero-order valence-electron chi connectivity index (χ0n) is 14.2. The van der Waals surface area contributed by atoms with Crippen molar-refractivity contribution >= 4 is 28.7 Å². The topological polar surface area (TPSA) is 123 Å². The zero-order chi connectivity index (χ0) is 18.8. The van der Waals surface area contributed by atoms with Crippen LogP contribution in [-0.2, 0) is 13.1 Å². The summed E-state index contributed by atoms with van der Waals surface area (Å²) in [7, 11) is 1.63. The van der Waals surface area contributed by atoms with Crippen molar-refractivity contribution in [1.82, 2.24) is 38.4 Å². The second-order valence-electron chi connectivity index (χ2n) is 5.91. The highest BCUT2D eigenvalue weighted by atomic mass is 32.1. The number of nitrogens with one attached hydrogen (secondary N) is 1. The molecule has 1 N–H and O–H groups in total. The third-order valence-corrected chi connectivity index (χ3v) is 4.50. The van der Waals surface area contributed by atoms with Crippen molar-refractivity contribution in [2.45, 2.75) is 13.1 Å². The minimum atomic E-state index is -0.490. The van der Waals surface area contributed by atoms with Crippen LogP contribution < -0.4 is 5.56 Å². The summed E-state index contributed by atoms with van der Waals surface area (Å²) in [5.41, 5.74) is 2.00. The minimum Gasteiger partial charge on any atom is -0.337 e. The lowest BCUT2D eigenvalue weighted by Crippen LogP contribution is -2.32. The third kappa shape index (κ3) is 3.58. The molecular formula is C16H14N8O2S. The molecule has 0 aliphatic rings. The van der Waals surface area contributed by atoms with Gasteiger partial charge in [-0.1, -0.05) is 6.07 Å². The van der Waals surface area contributed by atoms with Crippen LogP contribution in [0, 0.1) is 0 Å². The highest BCUT2D eigenvalue weighted by molar-refractivity contribution is 7.00. The van der Waals surface area contributed by atoms with Gasteiger partial charge >= 0.3 is 0 Å². The molecule has 1 aromatic carbocycles. The maximum Gasteiger partial charge on any atom is 0.263 e. The smallest absolute Gasteiger partial charge is 0.263 e. The third-order valence-electron chi connectivity index (χ3n) is 3.95. The standard InChI is InChI=1S/C16H14N8O2S/c1-23(6-10-2-3-12-13(4-10)22-27-21-12)16(26)11-5-18-14(20-15(11)25)7-24-9-17-8-19-24/h2-5,8-9H,6-7H2,1H3,(H,18,20,25). The molecule has 136 valence electrons. The number of carbonyl (C=O) groups is 1. The van der Waals surface area contributed by atoms with Crippen LogP contribution in [0.3, 0.4) is 0 Å². The molecule has 3 aromatic heterocycles. The van der Waals surface area contributed by atoms with E-state index < -0.39 is 11.5 Å². The van der Waals surface area contributed by atoms with Gasteiger partial charge in [0, 0.05) is 19.8 Å². The van der Waals surface area contributed by atoms with Crippen LogP contribution >= 0.6 is 11.7 Å². The van der Waals surface area contributed by atoms with Gasteiger partial charge < -0.3 is 9.88 Å². The van der Waals surface area contributed by atoms with Crippen molar-refractivity contribution in [2.24, 2.45) is 0 Å². The average Bonchev–Trinajstić information content (AvgIpc) is 3.32.